The lowest BCUT2D eigenvalue weighted by Crippen LogP contribution is -2.56. The molecule has 1 aromatic carbocycles. The Morgan fingerprint density at radius 1 is 1.12 bits per heavy atom. The van der Waals surface area contributed by atoms with Crippen molar-refractivity contribution in [3.05, 3.63) is 55.0 Å². The summed E-state index contributed by atoms with van der Waals surface area (Å²) in [6.07, 6.45) is 2.17. The second-order valence-corrected chi connectivity index (χ2v) is 11.9. The quantitative estimate of drug-likeness (QED) is 0.404. The van der Waals surface area contributed by atoms with Crippen molar-refractivity contribution in [2.45, 2.75) is 44.3 Å². The zero-order valence-electron chi connectivity index (χ0n) is 22.3. The molecule has 2 aromatic heterocycles. The fourth-order valence-electron chi connectivity index (χ4n) is 5.21. The topological polar surface area (TPSA) is 140 Å². The van der Waals surface area contributed by atoms with Crippen molar-refractivity contribution >= 4 is 64.0 Å². The Bertz CT molecular complexity index is 1510. The number of halogens is 2. The molecule has 11 nitrogen and oxygen atoms in total. The number of likely N-dealkylation sites (N-methyl/N-ethyl adjacent to an activating group) is 1. The van der Waals surface area contributed by atoms with Gasteiger partial charge in [0.15, 0.2) is 10.8 Å². The molecule has 5 rings (SSSR count). The van der Waals surface area contributed by atoms with Crippen LogP contribution in [0.5, 0.6) is 0 Å². The van der Waals surface area contributed by atoms with E-state index in [0.717, 1.165) is 30.1 Å². The Morgan fingerprint density at radius 2 is 1.88 bits per heavy atom. The highest BCUT2D eigenvalue weighted by molar-refractivity contribution is 7.13. The van der Waals surface area contributed by atoms with E-state index in [4.69, 9.17) is 11.6 Å². The van der Waals surface area contributed by atoms with Crippen molar-refractivity contribution < 1.29 is 14.4 Å². The maximum Gasteiger partial charge on any atom is 0.287 e. The van der Waals surface area contributed by atoms with E-state index >= 15 is 0 Å². The van der Waals surface area contributed by atoms with E-state index in [2.05, 4.69) is 30.5 Å². The molecule has 3 amide bonds. The Hall–Kier alpha value is -3.06. The number of rotatable bonds is 5. The SMILES string of the molecule is CN1CCc2nc(C(=O)N[C@H]3C[C@@H](C(=O)N(C)C)CC[C@@H]3NC(=O)c3nc(=O)c4cc(Cl)ccc4[nH]3)sc2C1.Cl. The highest BCUT2D eigenvalue weighted by atomic mass is 35.5. The van der Waals surface area contributed by atoms with E-state index in [9.17, 15) is 19.2 Å². The Kier molecular flexibility index (Phi) is 9.13. The number of hydrogen-bond donors (Lipinski definition) is 3. The van der Waals surface area contributed by atoms with Crippen molar-refractivity contribution in [1.29, 1.82) is 0 Å². The maximum absolute atomic E-state index is 13.3. The van der Waals surface area contributed by atoms with Crippen LogP contribution in [0, 0.1) is 5.92 Å². The number of aromatic amines is 1. The van der Waals surface area contributed by atoms with Gasteiger partial charge in [-0.25, -0.2) is 4.98 Å². The normalized spacial score (nSPS) is 20.8. The van der Waals surface area contributed by atoms with Crippen LogP contribution in [0.15, 0.2) is 23.0 Å². The highest BCUT2D eigenvalue weighted by Gasteiger charge is 2.37. The number of benzene rings is 1. The molecule has 3 atom stereocenters. The first-order valence-corrected chi connectivity index (χ1v) is 14.0. The average molecular weight is 609 g/mol. The molecule has 40 heavy (non-hydrogen) atoms. The number of thiazole rings is 1. The van der Waals surface area contributed by atoms with Crippen molar-refractivity contribution in [3.8, 4) is 0 Å². The minimum Gasteiger partial charge on any atom is -0.349 e. The molecule has 0 saturated heterocycles. The van der Waals surface area contributed by atoms with Gasteiger partial charge in [0.2, 0.25) is 5.91 Å². The second-order valence-electron chi connectivity index (χ2n) is 10.4. The van der Waals surface area contributed by atoms with Gasteiger partial charge in [-0.15, -0.1) is 23.7 Å². The lowest BCUT2D eigenvalue weighted by Gasteiger charge is -2.37. The molecular weight excluding hydrogens is 577 g/mol. The number of H-pyrrole nitrogens is 1. The van der Waals surface area contributed by atoms with Gasteiger partial charge in [-0.3, -0.25) is 19.2 Å². The first kappa shape index (κ1) is 29.9. The minimum atomic E-state index is -0.571. The van der Waals surface area contributed by atoms with Gasteiger partial charge in [0.1, 0.15) is 0 Å². The number of fused-ring (bicyclic) bond motifs is 2. The minimum absolute atomic E-state index is 0. The third kappa shape index (κ3) is 6.30. The summed E-state index contributed by atoms with van der Waals surface area (Å²) in [5, 5.41) is 7.01. The van der Waals surface area contributed by atoms with E-state index in [1.807, 2.05) is 7.05 Å². The van der Waals surface area contributed by atoms with Crippen LogP contribution in [-0.2, 0) is 17.8 Å². The molecule has 0 bridgehead atoms. The Labute approximate surface area is 246 Å². The summed E-state index contributed by atoms with van der Waals surface area (Å²) in [5.41, 5.74) is 0.818. The molecule has 1 aliphatic heterocycles. The molecule has 0 unspecified atom stereocenters. The molecule has 3 aromatic rings. The van der Waals surface area contributed by atoms with Crippen molar-refractivity contribution in [1.82, 2.24) is 35.4 Å². The second kappa shape index (κ2) is 12.2. The summed E-state index contributed by atoms with van der Waals surface area (Å²) in [4.78, 5) is 67.9. The van der Waals surface area contributed by atoms with E-state index in [1.165, 1.54) is 17.4 Å². The number of aromatic nitrogens is 3. The van der Waals surface area contributed by atoms with Crippen LogP contribution >= 0.6 is 35.3 Å². The Morgan fingerprint density at radius 3 is 2.62 bits per heavy atom. The van der Waals surface area contributed by atoms with Gasteiger partial charge in [-0.05, 0) is 44.5 Å². The van der Waals surface area contributed by atoms with Crippen molar-refractivity contribution in [2.24, 2.45) is 5.92 Å². The van der Waals surface area contributed by atoms with Crippen molar-refractivity contribution in [2.75, 3.05) is 27.7 Å². The average Bonchev–Trinajstić information content (AvgIpc) is 3.33. The third-order valence-corrected chi connectivity index (χ3v) is 8.60. The molecule has 0 radical (unpaired) electrons. The Balaban J connectivity index is 0.00000370. The molecule has 2 aliphatic rings. The first-order chi connectivity index (χ1) is 18.6. The van der Waals surface area contributed by atoms with Gasteiger partial charge in [0.05, 0.1) is 22.6 Å². The molecular formula is C26H31Cl2N7O4S. The summed E-state index contributed by atoms with van der Waals surface area (Å²) in [6, 6.07) is 3.74. The fraction of sp³-hybridized carbons (Fsp3) is 0.462. The smallest absolute Gasteiger partial charge is 0.287 e. The number of hydrogen-bond acceptors (Lipinski definition) is 8. The van der Waals surface area contributed by atoms with Crippen LogP contribution in [0.4, 0.5) is 0 Å². The predicted molar refractivity (Wildman–Crippen MR) is 155 cm³/mol. The molecule has 3 heterocycles. The summed E-state index contributed by atoms with van der Waals surface area (Å²) in [7, 11) is 5.44. The van der Waals surface area contributed by atoms with Crippen LogP contribution < -0.4 is 16.2 Å². The summed E-state index contributed by atoms with van der Waals surface area (Å²) < 4.78 is 0. The summed E-state index contributed by atoms with van der Waals surface area (Å²) in [5.74, 6) is -1.35. The van der Waals surface area contributed by atoms with E-state index in [1.54, 1.807) is 31.1 Å². The van der Waals surface area contributed by atoms with Crippen LogP contribution in [-0.4, -0.2) is 82.2 Å². The van der Waals surface area contributed by atoms with Gasteiger partial charge in [-0.1, -0.05) is 11.6 Å². The largest absolute Gasteiger partial charge is 0.349 e. The summed E-state index contributed by atoms with van der Waals surface area (Å²) in [6.45, 7) is 1.64. The molecule has 0 spiro atoms. The summed E-state index contributed by atoms with van der Waals surface area (Å²) >= 11 is 7.36. The zero-order valence-corrected chi connectivity index (χ0v) is 24.7. The number of nitrogens with one attached hydrogen (secondary N) is 3. The number of carbonyl (C=O) groups excluding carboxylic acids is 3. The monoisotopic (exact) mass is 607 g/mol. The first-order valence-electron chi connectivity index (χ1n) is 12.8. The maximum atomic E-state index is 13.3. The van der Waals surface area contributed by atoms with Crippen LogP contribution in [0.2, 0.25) is 5.02 Å². The van der Waals surface area contributed by atoms with Gasteiger partial charge in [0.25, 0.3) is 17.4 Å². The molecule has 1 fully saturated rings. The van der Waals surface area contributed by atoms with E-state index in [-0.39, 0.29) is 41.3 Å². The van der Waals surface area contributed by atoms with Crippen LogP contribution in [0.3, 0.4) is 0 Å². The van der Waals surface area contributed by atoms with Gasteiger partial charge >= 0.3 is 0 Å². The van der Waals surface area contributed by atoms with Crippen LogP contribution in [0.25, 0.3) is 10.9 Å². The van der Waals surface area contributed by atoms with E-state index < -0.39 is 23.6 Å². The highest BCUT2D eigenvalue weighted by Crippen LogP contribution is 2.28. The number of carbonyl (C=O) groups is 3. The fourth-order valence-corrected chi connectivity index (χ4v) is 6.47. The molecule has 14 heteroatoms. The van der Waals surface area contributed by atoms with E-state index in [0.29, 0.717) is 34.8 Å². The van der Waals surface area contributed by atoms with Crippen LogP contribution in [0.1, 0.15) is 50.3 Å². The van der Waals surface area contributed by atoms with Gasteiger partial charge < -0.3 is 25.4 Å². The molecule has 3 N–H and O–H groups in total. The number of nitrogens with zero attached hydrogens (tertiary/aromatic N) is 4. The predicted octanol–water partition coefficient (Wildman–Crippen LogP) is 2.23. The third-order valence-electron chi connectivity index (χ3n) is 7.28. The zero-order chi connectivity index (χ0) is 27.8. The lowest BCUT2D eigenvalue weighted by atomic mass is 9.81. The van der Waals surface area contributed by atoms with Crippen molar-refractivity contribution in [3.63, 3.8) is 0 Å². The van der Waals surface area contributed by atoms with Gasteiger partial charge in [0, 0.05) is 55.5 Å². The standard InChI is InChI=1S/C26H30ClN7O4S.ClH/c1-33(2)26(38)13-4-6-17(29-23(36)21-28-16-7-5-14(27)11-15(16)22(35)32-21)19(10-13)30-24(37)25-31-18-8-9-34(3)12-20(18)39-25;/h5,7,11,13,17,19H,4,6,8-10,12H2,1-3H3,(H,29,36)(H,30,37)(H,28,32,35);1H/t13-,17-,19-;/m0./s1. The molecule has 1 saturated carbocycles. The molecule has 1 aliphatic carbocycles. The number of amides is 3. The molecule has 214 valence electrons. The lowest BCUT2D eigenvalue weighted by molar-refractivity contribution is -0.134. The van der Waals surface area contributed by atoms with Gasteiger partial charge in [-0.2, -0.15) is 4.98 Å².